The summed E-state index contributed by atoms with van der Waals surface area (Å²) in [5.74, 6) is -0.252. The number of phenolic OH excluding ortho intramolecular Hbond substituents is 1. The zero-order valence-electron chi connectivity index (χ0n) is 18.9. The van der Waals surface area contributed by atoms with E-state index in [1.54, 1.807) is 0 Å². The van der Waals surface area contributed by atoms with Crippen LogP contribution in [0, 0.1) is 10.1 Å². The highest BCUT2D eigenvalue weighted by molar-refractivity contribution is 7.99. The van der Waals surface area contributed by atoms with Gasteiger partial charge in [-0.25, -0.2) is 5.43 Å². The number of non-ortho nitro benzene ring substituents is 1. The third kappa shape index (κ3) is 5.50. The molecule has 0 radical (unpaired) electrons. The van der Waals surface area contributed by atoms with E-state index < -0.39 is 10.8 Å². The predicted molar refractivity (Wildman–Crippen MR) is 135 cm³/mol. The Kier molecular flexibility index (Phi) is 7.56. The van der Waals surface area contributed by atoms with E-state index in [2.05, 4.69) is 20.7 Å². The number of nitro groups is 1. The number of hydrogen-bond acceptors (Lipinski definition) is 9. The minimum Gasteiger partial charge on any atom is -0.504 e. The van der Waals surface area contributed by atoms with Crippen molar-refractivity contribution in [3.05, 3.63) is 88.5 Å². The van der Waals surface area contributed by atoms with Gasteiger partial charge in [0.25, 0.3) is 11.6 Å². The van der Waals surface area contributed by atoms with Crippen molar-refractivity contribution in [2.75, 3.05) is 12.9 Å². The van der Waals surface area contributed by atoms with Crippen LogP contribution in [0.3, 0.4) is 0 Å². The van der Waals surface area contributed by atoms with Gasteiger partial charge in [-0.15, -0.1) is 10.2 Å². The maximum Gasteiger partial charge on any atom is 0.274 e. The van der Waals surface area contributed by atoms with Crippen molar-refractivity contribution >= 4 is 29.6 Å². The zero-order valence-corrected chi connectivity index (χ0v) is 19.8. The number of nitrogens with one attached hydrogen (secondary N) is 1. The van der Waals surface area contributed by atoms with E-state index in [1.807, 2.05) is 65.2 Å². The van der Waals surface area contributed by atoms with Crippen LogP contribution in [0.25, 0.3) is 17.1 Å². The normalized spacial score (nSPS) is 10.9. The van der Waals surface area contributed by atoms with Crippen LogP contribution in [-0.4, -0.2) is 49.8 Å². The van der Waals surface area contributed by atoms with E-state index in [4.69, 9.17) is 4.74 Å². The number of para-hydroxylation sites is 1. The maximum absolute atomic E-state index is 12.4. The summed E-state index contributed by atoms with van der Waals surface area (Å²) in [6.07, 6.45) is 1.10. The van der Waals surface area contributed by atoms with Crippen molar-refractivity contribution in [1.29, 1.82) is 0 Å². The third-order valence-electron chi connectivity index (χ3n) is 4.92. The molecule has 4 aromatic rings. The Hall–Kier alpha value is -4.71. The Morgan fingerprint density at radius 1 is 1.17 bits per heavy atom. The summed E-state index contributed by atoms with van der Waals surface area (Å²) < 4.78 is 6.82. The molecule has 3 aromatic carbocycles. The predicted octanol–water partition coefficient (Wildman–Crippen LogP) is 3.80. The van der Waals surface area contributed by atoms with Gasteiger partial charge >= 0.3 is 0 Å². The third-order valence-corrected chi connectivity index (χ3v) is 5.85. The molecule has 0 aliphatic rings. The molecule has 0 aliphatic carbocycles. The van der Waals surface area contributed by atoms with Gasteiger partial charge in [-0.05, 0) is 12.1 Å². The van der Waals surface area contributed by atoms with Crippen LogP contribution in [0.15, 0.2) is 83.1 Å². The molecule has 0 saturated carbocycles. The number of methoxy groups -OCH3 is 1. The number of nitro benzene ring substituents is 1. The van der Waals surface area contributed by atoms with E-state index >= 15 is 0 Å². The highest BCUT2D eigenvalue weighted by Gasteiger charge is 2.18. The van der Waals surface area contributed by atoms with Crippen LogP contribution in [0.2, 0.25) is 0 Å². The summed E-state index contributed by atoms with van der Waals surface area (Å²) in [7, 11) is 1.27. The lowest BCUT2D eigenvalue weighted by Crippen LogP contribution is -2.20. The first-order valence-corrected chi connectivity index (χ1v) is 11.5. The number of ether oxygens (including phenoxy) is 1. The molecule has 1 amide bonds. The van der Waals surface area contributed by atoms with Crippen LogP contribution < -0.4 is 10.2 Å². The van der Waals surface area contributed by atoms with E-state index in [0.29, 0.717) is 11.0 Å². The van der Waals surface area contributed by atoms with Gasteiger partial charge in [-0.2, -0.15) is 5.10 Å². The van der Waals surface area contributed by atoms with Crippen molar-refractivity contribution < 1.29 is 19.6 Å². The van der Waals surface area contributed by atoms with Gasteiger partial charge in [0.15, 0.2) is 22.5 Å². The van der Waals surface area contributed by atoms with Crippen LogP contribution in [0.4, 0.5) is 5.69 Å². The number of aromatic hydroxyl groups is 1. The largest absolute Gasteiger partial charge is 0.504 e. The Balaban J connectivity index is 1.49. The topological polar surface area (TPSA) is 145 Å². The summed E-state index contributed by atoms with van der Waals surface area (Å²) >= 11 is 1.17. The summed E-state index contributed by atoms with van der Waals surface area (Å²) in [5, 5.41) is 34.2. The summed E-state index contributed by atoms with van der Waals surface area (Å²) in [6, 6.07) is 21.3. The van der Waals surface area contributed by atoms with Gasteiger partial charge in [-0.3, -0.25) is 19.5 Å². The number of hydrogen-bond donors (Lipinski definition) is 2. The summed E-state index contributed by atoms with van der Waals surface area (Å²) in [6.45, 7) is 0. The standard InChI is InChI=1S/C24H20N6O5S/c1-35-20-13-19(30(33)34)12-17(22(20)32)14-25-26-21(31)15-36-24-28-27-23(16-8-4-2-5-9-16)29(24)18-10-6-3-7-11-18/h2-14,32H,15H2,1H3,(H,26,31). The average molecular weight is 505 g/mol. The monoisotopic (exact) mass is 504 g/mol. The summed E-state index contributed by atoms with van der Waals surface area (Å²) in [4.78, 5) is 22.9. The van der Waals surface area contributed by atoms with Crippen LogP contribution in [0.5, 0.6) is 11.5 Å². The Bertz CT molecular complexity index is 1410. The molecule has 12 heteroatoms. The minimum atomic E-state index is -0.624. The number of carbonyl (C=O) groups excluding carboxylic acids is 1. The molecule has 0 spiro atoms. The van der Waals surface area contributed by atoms with Crippen molar-refractivity contribution in [2.24, 2.45) is 5.10 Å². The number of amides is 1. The maximum atomic E-state index is 12.4. The number of phenols is 1. The lowest BCUT2D eigenvalue weighted by molar-refractivity contribution is -0.385. The molecule has 0 atom stereocenters. The molecule has 1 aromatic heterocycles. The van der Waals surface area contributed by atoms with Gasteiger partial charge in [0.1, 0.15) is 0 Å². The quantitative estimate of drug-likeness (QED) is 0.152. The lowest BCUT2D eigenvalue weighted by atomic mass is 10.2. The van der Waals surface area contributed by atoms with Crippen LogP contribution in [-0.2, 0) is 4.79 Å². The first kappa shape index (κ1) is 24.4. The fraction of sp³-hybridized carbons (Fsp3) is 0.0833. The molecule has 0 fully saturated rings. The molecular weight excluding hydrogens is 484 g/mol. The Labute approximate surface area is 209 Å². The minimum absolute atomic E-state index is 0.0188. The molecule has 0 aliphatic heterocycles. The first-order valence-electron chi connectivity index (χ1n) is 10.5. The highest BCUT2D eigenvalue weighted by atomic mass is 32.2. The Morgan fingerprint density at radius 2 is 1.86 bits per heavy atom. The second kappa shape index (κ2) is 11.1. The smallest absolute Gasteiger partial charge is 0.274 e. The number of aromatic nitrogens is 3. The summed E-state index contributed by atoms with van der Waals surface area (Å²) in [5.41, 5.74) is 3.79. The van der Waals surface area contributed by atoms with Gasteiger partial charge in [0, 0.05) is 22.9 Å². The van der Waals surface area contributed by atoms with Gasteiger partial charge in [-0.1, -0.05) is 60.3 Å². The highest BCUT2D eigenvalue weighted by Crippen LogP contribution is 2.33. The van der Waals surface area contributed by atoms with Crippen LogP contribution >= 0.6 is 11.8 Å². The molecule has 182 valence electrons. The van der Waals surface area contributed by atoms with Crippen molar-refractivity contribution in [3.63, 3.8) is 0 Å². The number of carbonyl (C=O) groups is 1. The second-order valence-corrected chi connectivity index (χ2v) is 8.21. The van der Waals surface area contributed by atoms with Crippen molar-refractivity contribution in [3.8, 4) is 28.6 Å². The number of rotatable bonds is 9. The van der Waals surface area contributed by atoms with Crippen molar-refractivity contribution in [2.45, 2.75) is 5.16 Å². The molecule has 0 unspecified atom stereocenters. The molecule has 0 saturated heterocycles. The number of benzene rings is 3. The van der Waals surface area contributed by atoms with Gasteiger partial charge in [0.2, 0.25) is 0 Å². The Morgan fingerprint density at radius 3 is 2.53 bits per heavy atom. The number of nitrogens with zero attached hydrogens (tertiary/aromatic N) is 5. The average Bonchev–Trinajstić information content (AvgIpc) is 3.33. The van der Waals surface area contributed by atoms with Crippen molar-refractivity contribution in [1.82, 2.24) is 20.2 Å². The molecular formula is C24H20N6O5S. The molecule has 0 bridgehead atoms. The lowest BCUT2D eigenvalue weighted by Gasteiger charge is -2.10. The van der Waals surface area contributed by atoms with Crippen LogP contribution in [0.1, 0.15) is 5.56 Å². The molecule has 11 nitrogen and oxygen atoms in total. The number of hydrazone groups is 1. The molecule has 1 heterocycles. The van der Waals surface area contributed by atoms with E-state index in [-0.39, 0.29) is 28.5 Å². The SMILES string of the molecule is COc1cc([N+](=O)[O-])cc(C=NNC(=O)CSc2nnc(-c3ccccc3)n2-c2ccccc2)c1O. The van der Waals surface area contributed by atoms with Gasteiger partial charge in [0.05, 0.1) is 30.1 Å². The van der Waals surface area contributed by atoms with E-state index in [1.165, 1.54) is 18.9 Å². The molecule has 4 rings (SSSR count). The zero-order chi connectivity index (χ0) is 25.5. The second-order valence-electron chi connectivity index (χ2n) is 7.27. The first-order chi connectivity index (χ1) is 17.5. The number of thioether (sulfide) groups is 1. The molecule has 2 N–H and O–H groups in total. The van der Waals surface area contributed by atoms with Gasteiger partial charge < -0.3 is 9.84 Å². The van der Waals surface area contributed by atoms with E-state index in [0.717, 1.165) is 29.6 Å². The van der Waals surface area contributed by atoms with E-state index in [9.17, 15) is 20.0 Å². The fourth-order valence-electron chi connectivity index (χ4n) is 3.26. The molecule has 36 heavy (non-hydrogen) atoms. The fourth-order valence-corrected chi connectivity index (χ4v) is 4.00.